The van der Waals surface area contributed by atoms with Crippen LogP contribution in [0.2, 0.25) is 0 Å². The molecule has 0 spiro atoms. The largest absolute Gasteiger partial charge is 0.453 e. The number of nitrogens with one attached hydrogen (secondary N) is 3. The quantitative estimate of drug-likeness (QED) is 0.0555. The molecule has 51 heavy (non-hydrogen) atoms. The van der Waals surface area contributed by atoms with Crippen LogP contribution in [0.5, 0.6) is 11.5 Å². The number of sulfonamides is 1. The summed E-state index contributed by atoms with van der Waals surface area (Å²) < 4.78 is 54.7. The molecule has 15 nitrogen and oxygen atoms in total. The molecule has 4 aromatic rings. The number of carbonyl (C=O) groups excluding carboxylic acids is 2. The summed E-state index contributed by atoms with van der Waals surface area (Å²) in [7, 11) is -8.67. The molecule has 8 N–H and O–H groups in total. The minimum Gasteiger partial charge on any atom is -0.415 e. The highest BCUT2D eigenvalue weighted by Crippen LogP contribution is 2.53. The van der Waals surface area contributed by atoms with Crippen molar-refractivity contribution in [1.82, 2.24) is 15.4 Å². The van der Waals surface area contributed by atoms with Crippen molar-refractivity contribution in [2.45, 2.75) is 36.1 Å². The second-order valence-electron chi connectivity index (χ2n) is 11.0. The van der Waals surface area contributed by atoms with Gasteiger partial charge in [0.05, 0.1) is 28.8 Å². The number of amides is 2. The molecule has 4 aromatic carbocycles. The van der Waals surface area contributed by atoms with Crippen molar-refractivity contribution in [2.24, 2.45) is 16.5 Å². The van der Waals surface area contributed by atoms with Crippen LogP contribution < -0.4 is 35.9 Å². The topological polar surface area (TPSA) is 248 Å². The summed E-state index contributed by atoms with van der Waals surface area (Å²) >= 11 is 0. The van der Waals surface area contributed by atoms with Crippen LogP contribution in [-0.4, -0.2) is 55.8 Å². The first-order valence-corrected chi connectivity index (χ1v) is 18.4. The summed E-state index contributed by atoms with van der Waals surface area (Å²) in [5, 5.41) is 23.9. The molecule has 2 amide bonds. The third-order valence-corrected chi connectivity index (χ3v) is 10.6. The highest BCUT2D eigenvalue weighted by molar-refractivity contribution is 7.89. The van der Waals surface area contributed by atoms with Gasteiger partial charge in [0.1, 0.15) is 23.6 Å². The van der Waals surface area contributed by atoms with Crippen LogP contribution in [0.3, 0.4) is 0 Å². The minimum absolute atomic E-state index is 0.0882. The average Bonchev–Trinajstić information content (AvgIpc) is 3.11. The molecule has 0 saturated carbocycles. The molecule has 0 fully saturated rings. The molecule has 3 atom stereocenters. The standard InChI is InChI=1S/C34H36N7O8PS/c1-23(38-33(44)30(22-42)41-51(46,47)29-18-14-25(21-35)15-19-29)32(43)40-31(20-24-12-16-26(17-13-24)39-34(36)37)50(45,48-27-8-4-2-5-9-27)49-28-10-6-3-7-11-28/h2-19,23,30-31,41-42H,20,22H2,1H3,(H,38,44)(H,40,43)(H4,36,37,39). The zero-order chi connectivity index (χ0) is 37.0. The van der Waals surface area contributed by atoms with Crippen molar-refractivity contribution in [3.05, 3.63) is 120 Å². The average molecular weight is 734 g/mol. The SMILES string of the molecule is CC(NC(=O)C(CO)NS(=O)(=O)c1ccc(C#N)cc1)C(=O)NC(Cc1ccc(N=C(N)N)cc1)P(=O)(Oc1ccccc1)Oc1ccccc1. The lowest BCUT2D eigenvalue weighted by atomic mass is 10.1. The number of nitrogens with two attached hydrogens (primary N) is 2. The molecule has 0 aliphatic rings. The molecule has 0 aliphatic carbocycles. The number of hydrogen-bond donors (Lipinski definition) is 6. The van der Waals surface area contributed by atoms with Gasteiger partial charge in [-0.2, -0.15) is 9.98 Å². The number of para-hydroxylation sites is 2. The Hall–Kier alpha value is -5.72. The number of benzene rings is 4. The number of aliphatic hydroxyl groups is 1. The van der Waals surface area contributed by atoms with Gasteiger partial charge in [-0.05, 0) is 73.2 Å². The lowest BCUT2D eigenvalue weighted by Crippen LogP contribution is -2.55. The molecule has 4 rings (SSSR count). The maximum atomic E-state index is 14.8. The van der Waals surface area contributed by atoms with E-state index >= 15 is 0 Å². The fraction of sp³-hybridized carbons (Fsp3) is 0.176. The second kappa shape index (κ2) is 17.3. The van der Waals surface area contributed by atoms with Crippen molar-refractivity contribution in [1.29, 1.82) is 5.26 Å². The number of nitriles is 1. The Labute approximate surface area is 294 Å². The van der Waals surface area contributed by atoms with Crippen LogP contribution in [-0.2, 0) is 30.6 Å². The Morgan fingerprint density at radius 1 is 0.863 bits per heavy atom. The molecule has 0 radical (unpaired) electrons. The molecule has 0 saturated heterocycles. The first-order valence-electron chi connectivity index (χ1n) is 15.3. The van der Waals surface area contributed by atoms with E-state index in [-0.39, 0.29) is 34.3 Å². The number of aliphatic hydroxyl groups excluding tert-OH is 1. The third-order valence-electron chi connectivity index (χ3n) is 7.11. The van der Waals surface area contributed by atoms with E-state index in [1.807, 2.05) is 6.07 Å². The van der Waals surface area contributed by atoms with Gasteiger partial charge in [-0.25, -0.2) is 18.0 Å². The predicted octanol–water partition coefficient (Wildman–Crippen LogP) is 2.64. The summed E-state index contributed by atoms with van der Waals surface area (Å²) in [6.07, 6.45) is -0.0882. The normalized spacial score (nSPS) is 13.0. The molecule has 0 aromatic heterocycles. The maximum absolute atomic E-state index is 14.8. The Bertz CT molecular complexity index is 1980. The second-order valence-corrected chi connectivity index (χ2v) is 14.8. The fourth-order valence-corrected chi connectivity index (χ4v) is 7.56. The Kier molecular flexibility index (Phi) is 12.9. The molecule has 3 unspecified atom stereocenters. The van der Waals surface area contributed by atoms with Gasteiger partial charge >= 0.3 is 7.60 Å². The van der Waals surface area contributed by atoms with Gasteiger partial charge in [-0.15, -0.1) is 0 Å². The van der Waals surface area contributed by atoms with E-state index in [0.717, 1.165) is 0 Å². The van der Waals surface area contributed by atoms with Crippen LogP contribution in [0.15, 0.2) is 119 Å². The van der Waals surface area contributed by atoms with E-state index < -0.39 is 53.9 Å². The third kappa shape index (κ3) is 10.9. The molecule has 0 heterocycles. The maximum Gasteiger partial charge on any atom is 0.453 e. The fourth-order valence-electron chi connectivity index (χ4n) is 4.53. The number of carbonyl (C=O) groups is 2. The minimum atomic E-state index is -4.36. The summed E-state index contributed by atoms with van der Waals surface area (Å²) in [5.41, 5.74) is 12.2. The van der Waals surface area contributed by atoms with Crippen LogP contribution >= 0.6 is 7.60 Å². The molecule has 0 bridgehead atoms. The van der Waals surface area contributed by atoms with Crippen molar-refractivity contribution < 1.29 is 36.7 Å². The number of hydrogen-bond acceptors (Lipinski definition) is 10. The molecular weight excluding hydrogens is 697 g/mol. The highest BCUT2D eigenvalue weighted by atomic mass is 32.2. The van der Waals surface area contributed by atoms with Crippen LogP contribution in [0, 0.1) is 11.3 Å². The smallest absolute Gasteiger partial charge is 0.415 e. The van der Waals surface area contributed by atoms with Crippen molar-refractivity contribution >= 4 is 41.1 Å². The lowest BCUT2D eigenvalue weighted by Gasteiger charge is -2.29. The van der Waals surface area contributed by atoms with E-state index in [9.17, 15) is 27.7 Å². The molecule has 0 aliphatic heterocycles. The number of rotatable bonds is 16. The Balaban J connectivity index is 1.59. The monoisotopic (exact) mass is 733 g/mol. The lowest BCUT2D eigenvalue weighted by molar-refractivity contribution is -0.130. The van der Waals surface area contributed by atoms with Gasteiger partial charge in [0.2, 0.25) is 21.8 Å². The number of nitrogens with zero attached hydrogens (tertiary/aromatic N) is 2. The van der Waals surface area contributed by atoms with E-state index in [1.165, 1.54) is 31.2 Å². The summed E-state index contributed by atoms with van der Waals surface area (Å²) in [4.78, 5) is 30.5. The van der Waals surface area contributed by atoms with Gasteiger partial charge in [0.15, 0.2) is 11.7 Å². The first-order chi connectivity index (χ1) is 24.3. The van der Waals surface area contributed by atoms with Crippen LogP contribution in [0.4, 0.5) is 5.69 Å². The van der Waals surface area contributed by atoms with E-state index in [4.69, 9.17) is 25.8 Å². The number of guanidine groups is 1. The Morgan fingerprint density at radius 3 is 1.90 bits per heavy atom. The van der Waals surface area contributed by atoms with Crippen molar-refractivity contribution in [2.75, 3.05) is 6.61 Å². The first kappa shape index (κ1) is 38.1. The summed E-state index contributed by atoms with van der Waals surface area (Å²) in [6, 6.07) is 26.8. The Morgan fingerprint density at radius 2 is 1.41 bits per heavy atom. The molecular formula is C34H36N7O8PS. The summed E-state index contributed by atoms with van der Waals surface area (Å²) in [6.45, 7) is 0.373. The summed E-state index contributed by atoms with van der Waals surface area (Å²) in [5.74, 6) is -2.95. The van der Waals surface area contributed by atoms with E-state index in [2.05, 4.69) is 20.3 Å². The van der Waals surface area contributed by atoms with Gasteiger partial charge < -0.3 is 36.3 Å². The van der Waals surface area contributed by atoms with Gasteiger partial charge in [0, 0.05) is 6.42 Å². The van der Waals surface area contributed by atoms with E-state index in [1.54, 1.807) is 84.9 Å². The van der Waals surface area contributed by atoms with Gasteiger partial charge in [-0.3, -0.25) is 9.59 Å². The predicted molar refractivity (Wildman–Crippen MR) is 189 cm³/mol. The van der Waals surface area contributed by atoms with Crippen molar-refractivity contribution in [3.63, 3.8) is 0 Å². The highest BCUT2D eigenvalue weighted by Gasteiger charge is 2.42. The van der Waals surface area contributed by atoms with Crippen LogP contribution in [0.1, 0.15) is 18.1 Å². The molecule has 266 valence electrons. The van der Waals surface area contributed by atoms with Crippen LogP contribution in [0.25, 0.3) is 0 Å². The van der Waals surface area contributed by atoms with Gasteiger partial charge in [-0.1, -0.05) is 48.5 Å². The zero-order valence-corrected chi connectivity index (χ0v) is 29.0. The van der Waals surface area contributed by atoms with E-state index in [0.29, 0.717) is 11.3 Å². The number of aliphatic imine (C=N–C) groups is 1. The van der Waals surface area contributed by atoms with Gasteiger partial charge in [0.25, 0.3) is 0 Å². The van der Waals surface area contributed by atoms with Crippen molar-refractivity contribution in [3.8, 4) is 17.6 Å². The zero-order valence-electron chi connectivity index (χ0n) is 27.2. The molecule has 17 heteroatoms.